The summed E-state index contributed by atoms with van der Waals surface area (Å²) in [5.41, 5.74) is 0. The van der Waals surface area contributed by atoms with Gasteiger partial charge in [-0.15, -0.1) is 0 Å². The summed E-state index contributed by atoms with van der Waals surface area (Å²) in [4.78, 5) is 10.1. The molecule has 0 aliphatic carbocycles. The number of hydrogen-bond acceptors (Lipinski definition) is 4. The van der Waals surface area contributed by atoms with Crippen LogP contribution in [0, 0.1) is 0 Å². The Balaban J connectivity index is 0.000000487. The molecule has 0 heterocycles. The number of carboxylic acids is 1. The highest BCUT2D eigenvalue weighted by Gasteiger charge is 1.97. The molecule has 1 aromatic carbocycles. The van der Waals surface area contributed by atoms with Crippen molar-refractivity contribution in [2.24, 2.45) is 0 Å². The Kier molecular flexibility index (Phi) is 8.24. The van der Waals surface area contributed by atoms with Crippen molar-refractivity contribution in [2.45, 2.75) is 0 Å². The van der Waals surface area contributed by atoms with Crippen molar-refractivity contribution in [3.05, 3.63) is 29.3 Å². The zero-order valence-corrected chi connectivity index (χ0v) is 9.22. The summed E-state index contributed by atoms with van der Waals surface area (Å²) < 4.78 is 4.86. The smallest absolute Gasteiger partial charge is 0.341 e. The highest BCUT2D eigenvalue weighted by Crippen LogP contribution is 2.14. The first-order chi connectivity index (χ1) is 7.60. The van der Waals surface area contributed by atoms with Crippen molar-refractivity contribution >= 4 is 17.6 Å². The van der Waals surface area contributed by atoms with Crippen molar-refractivity contribution in [3.63, 3.8) is 0 Å². The second kappa shape index (κ2) is 8.96. The minimum absolute atomic E-state index is 0.125. The van der Waals surface area contributed by atoms with Gasteiger partial charge in [0.1, 0.15) is 5.75 Å². The predicted octanol–water partition coefficient (Wildman–Crippen LogP) is 0.774. The normalized spacial score (nSPS) is 8.94. The number of carbonyl (C=O) groups is 1. The van der Waals surface area contributed by atoms with Crippen molar-refractivity contribution in [2.75, 3.05) is 19.8 Å². The van der Waals surface area contributed by atoms with Crippen LogP contribution in [0.4, 0.5) is 0 Å². The zero-order valence-electron chi connectivity index (χ0n) is 8.47. The van der Waals surface area contributed by atoms with E-state index in [9.17, 15) is 4.79 Å². The molecule has 1 rings (SSSR count). The fourth-order valence-corrected chi connectivity index (χ4v) is 0.802. The highest BCUT2D eigenvalue weighted by atomic mass is 35.5. The lowest BCUT2D eigenvalue weighted by molar-refractivity contribution is -0.139. The monoisotopic (exact) mass is 248 g/mol. The molecule has 0 amide bonds. The third kappa shape index (κ3) is 8.05. The van der Waals surface area contributed by atoms with E-state index in [1.165, 1.54) is 0 Å². The second-order valence-electron chi connectivity index (χ2n) is 2.58. The Morgan fingerprint density at radius 1 is 1.19 bits per heavy atom. The first-order valence-corrected chi connectivity index (χ1v) is 4.79. The van der Waals surface area contributed by atoms with Crippen molar-refractivity contribution < 1.29 is 24.9 Å². The molecule has 0 unspecified atom stereocenters. The van der Waals surface area contributed by atoms with Gasteiger partial charge in [0.15, 0.2) is 6.61 Å². The summed E-state index contributed by atoms with van der Waals surface area (Å²) in [6.07, 6.45) is 0. The van der Waals surface area contributed by atoms with Crippen LogP contribution >= 0.6 is 11.6 Å². The third-order valence-electron chi connectivity index (χ3n) is 1.28. The molecule has 0 aliphatic rings. The molecule has 0 aliphatic heterocycles. The molecule has 5 nitrogen and oxygen atoms in total. The fourth-order valence-electron chi connectivity index (χ4n) is 0.676. The molecule has 0 spiro atoms. The van der Waals surface area contributed by atoms with Crippen LogP contribution in [-0.4, -0.2) is 41.1 Å². The molecule has 1 aromatic rings. The molecular weight excluding hydrogens is 236 g/mol. The number of hydrogen-bond donors (Lipinski definition) is 3. The van der Waals surface area contributed by atoms with Crippen LogP contribution in [0.2, 0.25) is 5.02 Å². The van der Waals surface area contributed by atoms with Crippen molar-refractivity contribution in [1.82, 2.24) is 0 Å². The topological polar surface area (TPSA) is 87.0 Å². The molecule has 0 saturated heterocycles. The molecule has 0 bridgehead atoms. The summed E-state index contributed by atoms with van der Waals surface area (Å²) in [5.74, 6) is -0.494. The number of benzene rings is 1. The van der Waals surface area contributed by atoms with Gasteiger partial charge in [0.05, 0.1) is 13.2 Å². The van der Waals surface area contributed by atoms with E-state index in [-0.39, 0.29) is 19.8 Å². The Labute approximate surface area is 97.9 Å². The van der Waals surface area contributed by atoms with Crippen LogP contribution in [0.1, 0.15) is 0 Å². The maximum atomic E-state index is 10.1. The van der Waals surface area contributed by atoms with E-state index in [1.54, 1.807) is 24.3 Å². The standard InChI is InChI=1S/C8H7ClO3.C2H6O2/c9-6-1-3-7(4-2-6)12-5-8(10)11;3-1-2-4/h1-4H,5H2,(H,10,11);3-4H,1-2H2. The SMILES string of the molecule is O=C(O)COc1ccc(Cl)cc1.OCCO. The number of halogens is 1. The quantitative estimate of drug-likeness (QED) is 0.733. The molecule has 0 radical (unpaired) electrons. The average molecular weight is 249 g/mol. The van der Waals surface area contributed by atoms with E-state index >= 15 is 0 Å². The number of carboxylic acid groups (broad SMARTS) is 1. The number of rotatable bonds is 4. The highest BCUT2D eigenvalue weighted by molar-refractivity contribution is 6.30. The van der Waals surface area contributed by atoms with Crippen LogP contribution in [-0.2, 0) is 4.79 Å². The minimum atomic E-state index is -0.995. The van der Waals surface area contributed by atoms with E-state index in [4.69, 9.17) is 31.7 Å². The maximum absolute atomic E-state index is 10.1. The van der Waals surface area contributed by atoms with E-state index in [0.717, 1.165) is 0 Å². The average Bonchev–Trinajstić information content (AvgIpc) is 2.28. The lowest BCUT2D eigenvalue weighted by Gasteiger charge is -2.01. The largest absolute Gasteiger partial charge is 0.482 e. The molecule has 6 heteroatoms. The fraction of sp³-hybridized carbons (Fsp3) is 0.300. The predicted molar refractivity (Wildman–Crippen MR) is 58.8 cm³/mol. The van der Waals surface area contributed by atoms with Crippen molar-refractivity contribution in [3.8, 4) is 5.75 Å². The van der Waals surface area contributed by atoms with Gasteiger partial charge in [0, 0.05) is 5.02 Å². The lowest BCUT2D eigenvalue weighted by atomic mass is 10.3. The molecule has 3 N–H and O–H groups in total. The summed E-state index contributed by atoms with van der Waals surface area (Å²) >= 11 is 5.60. The number of aliphatic hydroxyl groups excluding tert-OH is 2. The molecule has 16 heavy (non-hydrogen) atoms. The molecule has 90 valence electrons. The summed E-state index contributed by atoms with van der Waals surface area (Å²) in [7, 11) is 0. The first kappa shape index (κ1) is 14.7. The van der Waals surface area contributed by atoms with Crippen LogP contribution in [0.15, 0.2) is 24.3 Å². The maximum Gasteiger partial charge on any atom is 0.341 e. The van der Waals surface area contributed by atoms with Crippen LogP contribution < -0.4 is 4.74 Å². The molecular formula is C10H13ClO5. The summed E-state index contributed by atoms with van der Waals surface area (Å²) in [6.45, 7) is -0.582. The minimum Gasteiger partial charge on any atom is -0.482 e. The molecule has 0 fully saturated rings. The summed E-state index contributed by atoms with van der Waals surface area (Å²) in [6, 6.07) is 6.51. The Bertz CT molecular complexity index is 297. The van der Waals surface area contributed by atoms with Crippen LogP contribution in [0.5, 0.6) is 5.75 Å². The van der Waals surface area contributed by atoms with Gasteiger partial charge in [-0.2, -0.15) is 0 Å². The van der Waals surface area contributed by atoms with Gasteiger partial charge in [-0.1, -0.05) is 11.6 Å². The number of aliphatic hydroxyl groups is 2. The molecule has 0 atom stereocenters. The number of aliphatic carboxylic acids is 1. The molecule has 0 aromatic heterocycles. The van der Waals surface area contributed by atoms with Gasteiger partial charge in [0.25, 0.3) is 0 Å². The van der Waals surface area contributed by atoms with E-state index in [1.807, 2.05) is 0 Å². The molecule has 0 saturated carbocycles. The first-order valence-electron chi connectivity index (χ1n) is 4.42. The summed E-state index contributed by atoms with van der Waals surface area (Å²) in [5, 5.41) is 24.1. The van der Waals surface area contributed by atoms with Gasteiger partial charge in [-0.25, -0.2) is 4.79 Å². The number of ether oxygens (including phenoxy) is 1. The second-order valence-corrected chi connectivity index (χ2v) is 3.02. The van der Waals surface area contributed by atoms with Gasteiger partial charge >= 0.3 is 5.97 Å². The van der Waals surface area contributed by atoms with Crippen LogP contribution in [0.3, 0.4) is 0 Å². The van der Waals surface area contributed by atoms with E-state index in [0.29, 0.717) is 10.8 Å². The Hall–Kier alpha value is -1.30. The Morgan fingerprint density at radius 2 is 1.69 bits per heavy atom. The van der Waals surface area contributed by atoms with E-state index < -0.39 is 5.97 Å². The van der Waals surface area contributed by atoms with Crippen molar-refractivity contribution in [1.29, 1.82) is 0 Å². The third-order valence-corrected chi connectivity index (χ3v) is 1.53. The van der Waals surface area contributed by atoms with E-state index in [2.05, 4.69) is 0 Å². The lowest BCUT2D eigenvalue weighted by Crippen LogP contribution is -2.09. The van der Waals surface area contributed by atoms with Gasteiger partial charge < -0.3 is 20.1 Å². The van der Waals surface area contributed by atoms with Crippen LogP contribution in [0.25, 0.3) is 0 Å². The zero-order chi connectivity index (χ0) is 12.4. The van der Waals surface area contributed by atoms with Gasteiger partial charge in [0.2, 0.25) is 0 Å². The van der Waals surface area contributed by atoms with Gasteiger partial charge in [-0.3, -0.25) is 0 Å². The Morgan fingerprint density at radius 3 is 2.06 bits per heavy atom. The van der Waals surface area contributed by atoms with Gasteiger partial charge in [-0.05, 0) is 24.3 Å².